The Kier molecular flexibility index (Phi) is 5.04. The number of furan rings is 1. The van der Waals surface area contributed by atoms with Crippen LogP contribution in [0.25, 0.3) is 11.0 Å². The Morgan fingerprint density at radius 3 is 2.89 bits per heavy atom. The molecule has 1 saturated carbocycles. The van der Waals surface area contributed by atoms with E-state index >= 15 is 0 Å². The van der Waals surface area contributed by atoms with Crippen molar-refractivity contribution < 1.29 is 9.15 Å². The Morgan fingerprint density at radius 2 is 2.07 bits per heavy atom. The number of nitrogens with zero attached hydrogens (tertiary/aromatic N) is 3. The van der Waals surface area contributed by atoms with Crippen molar-refractivity contribution in [1.29, 1.82) is 5.26 Å². The Morgan fingerprint density at radius 1 is 1.21 bits per heavy atom. The van der Waals surface area contributed by atoms with Gasteiger partial charge in [0, 0.05) is 49.2 Å². The topological polar surface area (TPSA) is 74.3 Å². The van der Waals surface area contributed by atoms with Crippen LogP contribution in [0.2, 0.25) is 0 Å². The highest BCUT2D eigenvalue weighted by Gasteiger charge is 2.37. The number of anilines is 1. The molecule has 0 aromatic carbocycles. The molecule has 0 spiro atoms. The van der Waals surface area contributed by atoms with E-state index in [0.717, 1.165) is 41.0 Å². The number of hydrogen-bond acceptors (Lipinski definition) is 6. The van der Waals surface area contributed by atoms with Crippen LogP contribution in [0.1, 0.15) is 44.3 Å². The molecule has 6 nitrogen and oxygen atoms in total. The molecule has 0 radical (unpaired) electrons. The summed E-state index contributed by atoms with van der Waals surface area (Å²) in [6.07, 6.45) is 9.45. The zero-order valence-electron chi connectivity index (χ0n) is 15.9. The molecule has 2 aliphatic heterocycles. The van der Waals surface area contributed by atoms with Crippen molar-refractivity contribution >= 4 is 32.7 Å². The molecule has 3 aliphatic rings. The maximum absolute atomic E-state index is 9.04. The van der Waals surface area contributed by atoms with Gasteiger partial charge >= 0.3 is 0 Å². The van der Waals surface area contributed by atoms with Crippen molar-refractivity contribution in [2.45, 2.75) is 56.7 Å². The molecule has 0 bridgehead atoms. The third-order valence-corrected chi connectivity index (χ3v) is 7.50. The largest absolute Gasteiger partial charge is 0.444 e. The first-order valence-electron chi connectivity index (χ1n) is 10.3. The molecule has 148 valence electrons. The predicted octanol–water partition coefficient (Wildman–Crippen LogP) is 4.30. The van der Waals surface area contributed by atoms with Gasteiger partial charge in [0.25, 0.3) is 0 Å². The van der Waals surface area contributed by atoms with E-state index in [4.69, 9.17) is 14.4 Å². The summed E-state index contributed by atoms with van der Waals surface area (Å²) in [6.45, 7) is 3.37. The van der Waals surface area contributed by atoms with Gasteiger partial charge in [-0.05, 0) is 54.5 Å². The van der Waals surface area contributed by atoms with Crippen molar-refractivity contribution in [2.24, 2.45) is 5.92 Å². The van der Waals surface area contributed by atoms with Gasteiger partial charge in [-0.1, -0.05) is 0 Å². The number of halogens is 1. The summed E-state index contributed by atoms with van der Waals surface area (Å²) in [6, 6.07) is 4.96. The highest BCUT2D eigenvalue weighted by Crippen LogP contribution is 2.35. The van der Waals surface area contributed by atoms with Gasteiger partial charge in [-0.2, -0.15) is 5.26 Å². The van der Waals surface area contributed by atoms with Crippen LogP contribution >= 0.6 is 15.9 Å². The van der Waals surface area contributed by atoms with Crippen molar-refractivity contribution in [3.8, 4) is 6.07 Å². The van der Waals surface area contributed by atoms with Gasteiger partial charge < -0.3 is 14.5 Å². The summed E-state index contributed by atoms with van der Waals surface area (Å²) in [4.78, 5) is 7.23. The second kappa shape index (κ2) is 7.66. The lowest BCUT2D eigenvalue weighted by Crippen LogP contribution is -2.48. The van der Waals surface area contributed by atoms with Crippen LogP contribution in [-0.2, 0) is 4.74 Å². The minimum absolute atomic E-state index is 0.312. The zero-order chi connectivity index (χ0) is 19.1. The number of aromatic nitrogens is 1. The zero-order valence-corrected chi connectivity index (χ0v) is 17.5. The standard InChI is InChI=1S/C21H25BrN4O2/c22-20-17-9-16(10-23)28-19(17)11-24-21(20)25-14-1-3-15(4-2-14)26-7-5-18-13(12-26)6-8-27-18/h9,11,13-15,18H,1-8,12H2,(H,24,25). The minimum atomic E-state index is 0.312. The van der Waals surface area contributed by atoms with E-state index in [1.54, 1.807) is 12.3 Å². The van der Waals surface area contributed by atoms with E-state index in [1.807, 2.05) is 6.07 Å². The number of nitrogens with one attached hydrogen (secondary N) is 1. The number of ether oxygens (including phenoxy) is 1. The van der Waals surface area contributed by atoms with Crippen LogP contribution in [0, 0.1) is 17.2 Å². The van der Waals surface area contributed by atoms with Gasteiger partial charge in [-0.3, -0.25) is 4.90 Å². The van der Waals surface area contributed by atoms with Gasteiger partial charge in [-0.25, -0.2) is 4.98 Å². The summed E-state index contributed by atoms with van der Waals surface area (Å²) in [5.74, 6) is 1.90. The first kappa shape index (κ1) is 18.4. The fraction of sp³-hybridized carbons (Fsp3) is 0.619. The fourth-order valence-electron chi connectivity index (χ4n) is 5.15. The van der Waals surface area contributed by atoms with Crippen molar-refractivity contribution in [3.05, 3.63) is 22.5 Å². The molecule has 2 aromatic heterocycles. The molecule has 1 N–H and O–H groups in total. The van der Waals surface area contributed by atoms with Crippen LogP contribution in [0.15, 0.2) is 21.2 Å². The minimum Gasteiger partial charge on any atom is -0.444 e. The van der Waals surface area contributed by atoms with E-state index in [1.165, 1.54) is 38.8 Å². The van der Waals surface area contributed by atoms with Crippen LogP contribution in [-0.4, -0.2) is 47.8 Å². The lowest BCUT2D eigenvalue weighted by Gasteiger charge is -2.42. The summed E-state index contributed by atoms with van der Waals surface area (Å²) >= 11 is 3.64. The Bertz CT molecular complexity index is 900. The van der Waals surface area contributed by atoms with E-state index in [2.05, 4.69) is 31.1 Å². The third-order valence-electron chi connectivity index (χ3n) is 6.70. The van der Waals surface area contributed by atoms with Crippen molar-refractivity contribution in [3.63, 3.8) is 0 Å². The quantitative estimate of drug-likeness (QED) is 0.760. The number of nitriles is 1. The monoisotopic (exact) mass is 444 g/mol. The van der Waals surface area contributed by atoms with Gasteiger partial charge in [0.2, 0.25) is 5.76 Å². The van der Waals surface area contributed by atoms with Crippen LogP contribution in [0.3, 0.4) is 0 Å². The maximum atomic E-state index is 9.04. The first-order chi connectivity index (χ1) is 13.7. The number of likely N-dealkylation sites (tertiary alicyclic amines) is 1. The second-order valence-electron chi connectivity index (χ2n) is 8.31. The fourth-order valence-corrected chi connectivity index (χ4v) is 5.68. The Balaban J connectivity index is 1.20. The molecule has 3 fully saturated rings. The summed E-state index contributed by atoms with van der Waals surface area (Å²) in [7, 11) is 0. The molecule has 2 saturated heterocycles. The molecule has 28 heavy (non-hydrogen) atoms. The van der Waals surface area contributed by atoms with E-state index < -0.39 is 0 Å². The average molecular weight is 445 g/mol. The first-order valence-corrected chi connectivity index (χ1v) is 11.1. The Labute approximate surface area is 173 Å². The van der Waals surface area contributed by atoms with Crippen LogP contribution in [0.4, 0.5) is 5.82 Å². The number of pyridine rings is 1. The van der Waals surface area contributed by atoms with E-state index in [-0.39, 0.29) is 0 Å². The Hall–Kier alpha value is -1.62. The summed E-state index contributed by atoms with van der Waals surface area (Å²) < 4.78 is 12.2. The molecule has 2 aromatic rings. The smallest absolute Gasteiger partial charge is 0.204 e. The molecular formula is C21H25BrN4O2. The maximum Gasteiger partial charge on any atom is 0.204 e. The lowest BCUT2D eigenvalue weighted by molar-refractivity contribution is 0.0136. The highest BCUT2D eigenvalue weighted by molar-refractivity contribution is 9.10. The number of fused-ring (bicyclic) bond motifs is 2. The average Bonchev–Trinajstić information content (AvgIpc) is 3.37. The molecule has 4 heterocycles. The summed E-state index contributed by atoms with van der Waals surface area (Å²) in [5.41, 5.74) is 0.636. The van der Waals surface area contributed by atoms with Gasteiger partial charge in [0.1, 0.15) is 11.9 Å². The van der Waals surface area contributed by atoms with Crippen molar-refractivity contribution in [2.75, 3.05) is 25.0 Å². The van der Waals surface area contributed by atoms with Crippen molar-refractivity contribution in [1.82, 2.24) is 9.88 Å². The molecule has 2 unspecified atom stereocenters. The second-order valence-corrected chi connectivity index (χ2v) is 9.11. The lowest BCUT2D eigenvalue weighted by atomic mass is 9.86. The van der Waals surface area contributed by atoms with Gasteiger partial charge in [0.15, 0.2) is 5.58 Å². The number of piperidine rings is 1. The summed E-state index contributed by atoms with van der Waals surface area (Å²) in [5, 5.41) is 13.5. The molecule has 1 aliphatic carbocycles. The van der Waals surface area contributed by atoms with Crippen LogP contribution in [0.5, 0.6) is 0 Å². The number of hydrogen-bond donors (Lipinski definition) is 1. The molecule has 7 heteroatoms. The van der Waals surface area contributed by atoms with Gasteiger partial charge in [-0.15, -0.1) is 0 Å². The predicted molar refractivity (Wildman–Crippen MR) is 110 cm³/mol. The molecule has 2 atom stereocenters. The van der Waals surface area contributed by atoms with Gasteiger partial charge in [0.05, 0.1) is 16.8 Å². The third kappa shape index (κ3) is 3.42. The van der Waals surface area contributed by atoms with Crippen LogP contribution < -0.4 is 5.32 Å². The number of rotatable bonds is 3. The highest BCUT2D eigenvalue weighted by atomic mass is 79.9. The van der Waals surface area contributed by atoms with E-state index in [9.17, 15) is 0 Å². The SMILES string of the molecule is N#Cc1cc2c(Br)c(NC3CCC(N4CCC5OCCC5C4)CC3)ncc2o1. The molecular weight excluding hydrogens is 420 g/mol. The molecule has 0 amide bonds. The molecule has 5 rings (SSSR count). The van der Waals surface area contributed by atoms with E-state index in [0.29, 0.717) is 29.5 Å². The normalized spacial score (nSPS) is 30.9.